The molecule has 4 saturated carbocycles. The average Bonchev–Trinajstić information content (AvgIpc) is 2.98. The smallest absolute Gasteiger partial charge is 0.326 e. The van der Waals surface area contributed by atoms with Gasteiger partial charge in [0.25, 0.3) is 5.91 Å². The van der Waals surface area contributed by atoms with E-state index in [1.807, 2.05) is 28.8 Å². The number of esters is 1. The summed E-state index contributed by atoms with van der Waals surface area (Å²) in [6.45, 7) is 2.24. The third-order valence-electron chi connectivity index (χ3n) is 6.87. The van der Waals surface area contributed by atoms with E-state index in [1.165, 1.54) is 30.6 Å². The number of carbonyl (C=O) groups is 2. The van der Waals surface area contributed by atoms with E-state index in [9.17, 15) is 9.59 Å². The van der Waals surface area contributed by atoms with E-state index in [-0.39, 0.29) is 23.8 Å². The summed E-state index contributed by atoms with van der Waals surface area (Å²) in [7, 11) is 0. The molecule has 1 aromatic carbocycles. The zero-order valence-corrected chi connectivity index (χ0v) is 17.0. The molecule has 1 amide bonds. The first-order chi connectivity index (χ1) is 13.6. The Morgan fingerprint density at radius 1 is 1.14 bits per heavy atom. The van der Waals surface area contributed by atoms with Crippen LogP contribution in [0.25, 0.3) is 10.2 Å². The Kier molecular flexibility index (Phi) is 4.42. The predicted octanol–water partition coefficient (Wildman–Crippen LogP) is 3.91. The van der Waals surface area contributed by atoms with Crippen LogP contribution in [0.3, 0.4) is 0 Å². The number of hydrogen-bond acceptors (Lipinski definition) is 4. The Balaban J connectivity index is 1.54. The number of ether oxygens (including phenoxy) is 1. The largest absolute Gasteiger partial charge is 0.465 e. The molecule has 148 valence electrons. The highest BCUT2D eigenvalue weighted by atomic mass is 32.1. The molecule has 4 aliphatic carbocycles. The molecule has 2 aromatic rings. The standard InChI is InChI=1S/C22H26N2O3S/c1-2-27-19(25)13-24-17-5-3-4-6-18(17)28-21(24)23-20(26)22-10-14-7-15(11-22)9-16(8-14)12-22/h3-6,14-16H,2,7-13H2,1H3. The van der Waals surface area contributed by atoms with E-state index in [2.05, 4.69) is 4.99 Å². The number of para-hydroxylation sites is 1. The summed E-state index contributed by atoms with van der Waals surface area (Å²) in [6.07, 6.45) is 6.92. The van der Waals surface area contributed by atoms with Gasteiger partial charge in [0, 0.05) is 0 Å². The Morgan fingerprint density at radius 2 is 1.79 bits per heavy atom. The molecule has 4 bridgehead atoms. The van der Waals surface area contributed by atoms with Gasteiger partial charge in [0.1, 0.15) is 6.54 Å². The van der Waals surface area contributed by atoms with Crippen LogP contribution in [0, 0.1) is 23.2 Å². The molecule has 4 fully saturated rings. The summed E-state index contributed by atoms with van der Waals surface area (Å²) >= 11 is 1.48. The second-order valence-corrected chi connectivity index (χ2v) is 9.87. The summed E-state index contributed by atoms with van der Waals surface area (Å²) in [5, 5.41) is 0. The van der Waals surface area contributed by atoms with Gasteiger partial charge in [-0.15, -0.1) is 0 Å². The number of amides is 1. The number of fused-ring (bicyclic) bond motifs is 1. The molecule has 4 aliphatic rings. The highest BCUT2D eigenvalue weighted by Crippen LogP contribution is 2.60. The zero-order chi connectivity index (χ0) is 19.3. The minimum Gasteiger partial charge on any atom is -0.465 e. The highest BCUT2D eigenvalue weighted by Gasteiger charge is 2.54. The molecule has 0 aliphatic heterocycles. The first-order valence-corrected chi connectivity index (χ1v) is 11.2. The van der Waals surface area contributed by atoms with Crippen LogP contribution in [0.5, 0.6) is 0 Å². The fraction of sp³-hybridized carbons (Fsp3) is 0.591. The fourth-order valence-electron chi connectivity index (χ4n) is 6.17. The van der Waals surface area contributed by atoms with Crippen LogP contribution in [0.4, 0.5) is 0 Å². The number of rotatable bonds is 4. The highest BCUT2D eigenvalue weighted by molar-refractivity contribution is 7.16. The number of carbonyl (C=O) groups excluding carboxylic acids is 2. The minimum absolute atomic E-state index is 0.0377. The van der Waals surface area contributed by atoms with Gasteiger partial charge in [-0.3, -0.25) is 9.59 Å². The molecule has 0 unspecified atom stereocenters. The van der Waals surface area contributed by atoms with E-state index < -0.39 is 0 Å². The molecule has 1 heterocycles. The van der Waals surface area contributed by atoms with Gasteiger partial charge in [0.05, 0.1) is 22.2 Å². The van der Waals surface area contributed by atoms with Crippen molar-refractivity contribution in [3.05, 3.63) is 29.1 Å². The van der Waals surface area contributed by atoms with Crippen molar-refractivity contribution >= 4 is 33.4 Å². The molecule has 0 spiro atoms. The van der Waals surface area contributed by atoms with E-state index >= 15 is 0 Å². The minimum atomic E-state index is -0.297. The first kappa shape index (κ1) is 18.1. The maximum absolute atomic E-state index is 13.4. The lowest BCUT2D eigenvalue weighted by atomic mass is 9.49. The summed E-state index contributed by atoms with van der Waals surface area (Å²) in [6, 6.07) is 7.90. The van der Waals surface area contributed by atoms with Crippen molar-refractivity contribution in [2.75, 3.05) is 6.61 Å². The van der Waals surface area contributed by atoms with E-state index in [1.54, 1.807) is 6.92 Å². The lowest BCUT2D eigenvalue weighted by molar-refractivity contribution is -0.144. The predicted molar refractivity (Wildman–Crippen MR) is 108 cm³/mol. The third kappa shape index (κ3) is 3.02. The summed E-state index contributed by atoms with van der Waals surface area (Å²) in [5.41, 5.74) is 0.671. The van der Waals surface area contributed by atoms with Crippen LogP contribution in [-0.4, -0.2) is 23.1 Å². The van der Waals surface area contributed by atoms with Gasteiger partial charge in [-0.1, -0.05) is 23.5 Å². The first-order valence-electron chi connectivity index (χ1n) is 10.4. The van der Waals surface area contributed by atoms with Gasteiger partial charge in [0.15, 0.2) is 4.80 Å². The van der Waals surface area contributed by atoms with Crippen molar-refractivity contribution in [2.45, 2.75) is 52.0 Å². The normalized spacial score (nSPS) is 31.5. The van der Waals surface area contributed by atoms with Crippen molar-refractivity contribution in [1.29, 1.82) is 0 Å². The third-order valence-corrected chi connectivity index (χ3v) is 7.93. The van der Waals surface area contributed by atoms with Crippen LogP contribution in [0.2, 0.25) is 0 Å². The number of benzene rings is 1. The van der Waals surface area contributed by atoms with Crippen molar-refractivity contribution in [2.24, 2.45) is 28.2 Å². The van der Waals surface area contributed by atoms with E-state index in [4.69, 9.17) is 4.74 Å². The second-order valence-electron chi connectivity index (χ2n) is 8.86. The number of hydrogen-bond donors (Lipinski definition) is 0. The summed E-state index contributed by atoms with van der Waals surface area (Å²) in [5.74, 6) is 1.86. The van der Waals surface area contributed by atoms with Crippen molar-refractivity contribution in [1.82, 2.24) is 4.57 Å². The maximum Gasteiger partial charge on any atom is 0.326 e. The van der Waals surface area contributed by atoms with E-state index in [0.717, 1.165) is 29.5 Å². The summed E-state index contributed by atoms with van der Waals surface area (Å²) < 4.78 is 8.02. The molecule has 0 radical (unpaired) electrons. The molecule has 0 atom stereocenters. The van der Waals surface area contributed by atoms with Crippen LogP contribution >= 0.6 is 11.3 Å². The van der Waals surface area contributed by atoms with E-state index in [0.29, 0.717) is 29.2 Å². The molecule has 5 nitrogen and oxygen atoms in total. The Labute approximate surface area is 168 Å². The SMILES string of the molecule is CCOC(=O)Cn1c(=NC(=O)C23CC4CC(CC(C4)C2)C3)sc2ccccc21. The molecule has 0 N–H and O–H groups in total. The van der Waals surface area contributed by atoms with Crippen molar-refractivity contribution in [3.63, 3.8) is 0 Å². The molecule has 1 aromatic heterocycles. The van der Waals surface area contributed by atoms with Gasteiger partial charge in [-0.25, -0.2) is 0 Å². The molecular weight excluding hydrogens is 372 g/mol. The van der Waals surface area contributed by atoms with Crippen LogP contribution in [0.1, 0.15) is 45.4 Å². The van der Waals surface area contributed by atoms with Crippen molar-refractivity contribution in [3.8, 4) is 0 Å². The second kappa shape index (κ2) is 6.83. The zero-order valence-electron chi connectivity index (χ0n) is 16.2. The monoisotopic (exact) mass is 398 g/mol. The number of thiazole rings is 1. The molecule has 0 saturated heterocycles. The van der Waals surface area contributed by atoms with Gasteiger partial charge < -0.3 is 9.30 Å². The average molecular weight is 399 g/mol. The maximum atomic E-state index is 13.4. The molecule has 28 heavy (non-hydrogen) atoms. The number of nitrogens with zero attached hydrogens (tertiary/aromatic N) is 2. The Bertz CT molecular complexity index is 967. The molecular formula is C22H26N2O3S. The number of aromatic nitrogens is 1. The molecule has 6 heteroatoms. The Morgan fingerprint density at radius 3 is 2.43 bits per heavy atom. The van der Waals surface area contributed by atoms with Crippen LogP contribution in [-0.2, 0) is 20.9 Å². The quantitative estimate of drug-likeness (QED) is 0.734. The van der Waals surface area contributed by atoms with Crippen LogP contribution in [0.15, 0.2) is 29.3 Å². The molecule has 6 rings (SSSR count). The van der Waals surface area contributed by atoms with Crippen LogP contribution < -0.4 is 4.80 Å². The van der Waals surface area contributed by atoms with Gasteiger partial charge in [0.2, 0.25) is 0 Å². The fourth-order valence-corrected chi connectivity index (χ4v) is 7.20. The lowest BCUT2D eigenvalue weighted by Gasteiger charge is -2.55. The topological polar surface area (TPSA) is 60.7 Å². The van der Waals surface area contributed by atoms with Crippen molar-refractivity contribution < 1.29 is 14.3 Å². The van der Waals surface area contributed by atoms with Gasteiger partial charge >= 0.3 is 5.97 Å². The van der Waals surface area contributed by atoms with Gasteiger partial charge in [-0.2, -0.15) is 4.99 Å². The lowest BCUT2D eigenvalue weighted by Crippen LogP contribution is -2.50. The Hall–Kier alpha value is -1.95. The van der Waals surface area contributed by atoms with Gasteiger partial charge in [-0.05, 0) is 75.3 Å². The summed E-state index contributed by atoms with van der Waals surface area (Å²) in [4.78, 5) is 30.8.